The fourth-order valence-corrected chi connectivity index (χ4v) is 4.56. The lowest BCUT2D eigenvalue weighted by Gasteiger charge is -2.35. The van der Waals surface area contributed by atoms with Gasteiger partial charge in [-0.05, 0) is 48.0 Å². The molecule has 3 aromatic rings. The minimum absolute atomic E-state index is 0.101. The Kier molecular flexibility index (Phi) is 7.53. The summed E-state index contributed by atoms with van der Waals surface area (Å²) >= 11 is 0. The molecule has 2 aromatic carbocycles. The molecule has 1 aromatic heterocycles. The van der Waals surface area contributed by atoms with E-state index in [2.05, 4.69) is 9.88 Å². The molecule has 0 unspecified atom stereocenters. The zero-order valence-corrected chi connectivity index (χ0v) is 22.0. The normalized spacial score (nSPS) is 15.6. The quantitative estimate of drug-likeness (QED) is 0.405. The van der Waals surface area contributed by atoms with Crippen molar-refractivity contribution in [2.24, 2.45) is 0 Å². The van der Waals surface area contributed by atoms with Crippen LogP contribution >= 0.6 is 0 Å². The summed E-state index contributed by atoms with van der Waals surface area (Å²) in [6.45, 7) is 2.49. The van der Waals surface area contributed by atoms with Crippen molar-refractivity contribution in [2.45, 2.75) is 0 Å². The van der Waals surface area contributed by atoms with Gasteiger partial charge >= 0.3 is 0 Å². The number of rotatable bonds is 8. The lowest BCUT2D eigenvalue weighted by Crippen LogP contribution is -2.50. The molecule has 0 aliphatic carbocycles. The first-order valence-electron chi connectivity index (χ1n) is 12.5. The van der Waals surface area contributed by atoms with E-state index in [0.29, 0.717) is 66.1 Å². The second-order valence-electron chi connectivity index (χ2n) is 8.90. The van der Waals surface area contributed by atoms with E-state index in [4.69, 9.17) is 23.7 Å². The fourth-order valence-electron chi connectivity index (χ4n) is 4.56. The lowest BCUT2D eigenvalue weighted by molar-refractivity contribution is -0.133. The van der Waals surface area contributed by atoms with Crippen LogP contribution < -0.4 is 28.6 Å². The lowest BCUT2D eigenvalue weighted by atomic mass is 10.1. The number of methoxy groups -OCH3 is 3. The van der Waals surface area contributed by atoms with Crippen molar-refractivity contribution in [3.05, 3.63) is 71.6 Å². The number of piperazine rings is 1. The molecular weight excluding hydrogens is 502 g/mol. The van der Waals surface area contributed by atoms with Gasteiger partial charge in [-0.1, -0.05) is 6.07 Å². The van der Waals surface area contributed by atoms with E-state index in [1.54, 1.807) is 47.5 Å². The van der Waals surface area contributed by atoms with Gasteiger partial charge in [0.2, 0.25) is 11.5 Å². The van der Waals surface area contributed by atoms with Crippen LogP contribution in [0.15, 0.2) is 60.5 Å². The number of ketones is 1. The van der Waals surface area contributed by atoms with Crippen molar-refractivity contribution >= 4 is 23.6 Å². The molecule has 2 aliphatic rings. The summed E-state index contributed by atoms with van der Waals surface area (Å²) in [7, 11) is 4.57. The SMILES string of the molecule is COc1cc(C=C2Oc3cc(OCC(=O)N4CCN(c5ccccn5)CC4)ccc3C2=O)cc(OC)c1OC. The predicted molar refractivity (Wildman–Crippen MR) is 144 cm³/mol. The van der Waals surface area contributed by atoms with Crippen LogP contribution in [-0.2, 0) is 4.79 Å². The van der Waals surface area contributed by atoms with Crippen LogP contribution in [0.1, 0.15) is 15.9 Å². The second kappa shape index (κ2) is 11.3. The van der Waals surface area contributed by atoms with Gasteiger partial charge in [0, 0.05) is 38.4 Å². The molecule has 0 saturated carbocycles. The van der Waals surface area contributed by atoms with Crippen LogP contribution in [0.25, 0.3) is 6.08 Å². The topological polar surface area (TPSA) is 99.7 Å². The number of pyridine rings is 1. The number of nitrogens with zero attached hydrogens (tertiary/aromatic N) is 3. The molecule has 2 aliphatic heterocycles. The number of allylic oxidation sites excluding steroid dienone is 1. The summed E-state index contributed by atoms with van der Waals surface area (Å²) < 4.78 is 27.8. The molecule has 0 bridgehead atoms. The van der Waals surface area contributed by atoms with Gasteiger partial charge in [0.15, 0.2) is 23.9 Å². The Labute approximate surface area is 226 Å². The van der Waals surface area contributed by atoms with Crippen molar-refractivity contribution in [1.82, 2.24) is 9.88 Å². The Morgan fingerprint density at radius 1 is 0.974 bits per heavy atom. The molecule has 10 heteroatoms. The molecule has 10 nitrogen and oxygen atoms in total. The third kappa shape index (κ3) is 5.45. The molecule has 5 rings (SSSR count). The first-order chi connectivity index (χ1) is 19.0. The van der Waals surface area contributed by atoms with Gasteiger partial charge in [-0.2, -0.15) is 0 Å². The van der Waals surface area contributed by atoms with E-state index in [-0.39, 0.29) is 24.1 Å². The van der Waals surface area contributed by atoms with Crippen molar-refractivity contribution in [1.29, 1.82) is 0 Å². The maximum absolute atomic E-state index is 13.0. The number of carbonyl (C=O) groups is 2. The van der Waals surface area contributed by atoms with Crippen LogP contribution in [0, 0.1) is 0 Å². The largest absolute Gasteiger partial charge is 0.493 e. The van der Waals surface area contributed by atoms with Crippen LogP contribution in [-0.4, -0.2) is 75.7 Å². The number of amides is 1. The van der Waals surface area contributed by atoms with Crippen molar-refractivity contribution < 1.29 is 33.3 Å². The van der Waals surface area contributed by atoms with Crippen LogP contribution in [0.4, 0.5) is 5.82 Å². The maximum Gasteiger partial charge on any atom is 0.260 e. The minimum Gasteiger partial charge on any atom is -0.493 e. The molecule has 0 atom stereocenters. The highest BCUT2D eigenvalue weighted by molar-refractivity contribution is 6.14. The number of fused-ring (bicyclic) bond motifs is 1. The van der Waals surface area contributed by atoms with Crippen molar-refractivity contribution in [2.75, 3.05) is 59.0 Å². The summed E-state index contributed by atoms with van der Waals surface area (Å²) in [6, 6.07) is 14.2. The van der Waals surface area contributed by atoms with E-state index < -0.39 is 0 Å². The maximum atomic E-state index is 13.0. The highest BCUT2D eigenvalue weighted by atomic mass is 16.5. The average Bonchev–Trinajstić information content (AvgIpc) is 3.29. The van der Waals surface area contributed by atoms with Gasteiger partial charge in [-0.15, -0.1) is 0 Å². The molecule has 1 amide bonds. The molecule has 3 heterocycles. The zero-order chi connectivity index (χ0) is 27.4. The van der Waals surface area contributed by atoms with Gasteiger partial charge in [-0.25, -0.2) is 4.98 Å². The van der Waals surface area contributed by atoms with E-state index in [9.17, 15) is 9.59 Å². The van der Waals surface area contributed by atoms with Crippen LogP contribution in [0.2, 0.25) is 0 Å². The first kappa shape index (κ1) is 25.9. The van der Waals surface area contributed by atoms with E-state index >= 15 is 0 Å². The van der Waals surface area contributed by atoms with E-state index in [0.717, 1.165) is 5.82 Å². The molecule has 0 spiro atoms. The summed E-state index contributed by atoms with van der Waals surface area (Å²) in [5.74, 6) is 2.89. The Morgan fingerprint density at radius 2 is 1.72 bits per heavy atom. The fraction of sp³-hybridized carbons (Fsp3) is 0.276. The highest BCUT2D eigenvalue weighted by Gasteiger charge is 2.29. The Bertz CT molecular complexity index is 1370. The molecule has 202 valence electrons. The number of hydrogen-bond donors (Lipinski definition) is 0. The molecule has 0 N–H and O–H groups in total. The van der Waals surface area contributed by atoms with Gasteiger partial charge < -0.3 is 33.5 Å². The minimum atomic E-state index is -0.257. The van der Waals surface area contributed by atoms with Crippen LogP contribution in [0.5, 0.6) is 28.7 Å². The number of carbonyl (C=O) groups excluding carboxylic acids is 2. The zero-order valence-electron chi connectivity index (χ0n) is 22.0. The summed E-state index contributed by atoms with van der Waals surface area (Å²) in [5.41, 5.74) is 1.06. The number of anilines is 1. The second-order valence-corrected chi connectivity index (χ2v) is 8.90. The van der Waals surface area contributed by atoms with Crippen LogP contribution in [0.3, 0.4) is 0 Å². The Balaban J connectivity index is 1.21. The number of hydrogen-bond acceptors (Lipinski definition) is 9. The number of Topliss-reactive ketones (excluding diaryl/α,β-unsaturated/α-hetero) is 1. The summed E-state index contributed by atoms with van der Waals surface area (Å²) in [6.07, 6.45) is 3.38. The monoisotopic (exact) mass is 531 g/mol. The Hall–Kier alpha value is -4.73. The summed E-state index contributed by atoms with van der Waals surface area (Å²) in [4.78, 5) is 34.0. The molecule has 1 saturated heterocycles. The van der Waals surface area contributed by atoms with Gasteiger partial charge in [-0.3, -0.25) is 9.59 Å². The predicted octanol–water partition coefficient (Wildman–Crippen LogP) is 3.45. The highest BCUT2D eigenvalue weighted by Crippen LogP contribution is 2.40. The first-order valence-corrected chi connectivity index (χ1v) is 12.5. The molecular formula is C29H29N3O7. The standard InChI is InChI=1S/C29H29N3O7/c1-35-24-15-19(16-25(36-2)29(24)37-3)14-23-28(34)21-8-7-20(17-22(21)39-23)38-18-27(33)32-12-10-31(11-13-32)26-6-4-5-9-30-26/h4-9,14-17H,10-13,18H2,1-3H3. The van der Waals surface area contributed by atoms with Gasteiger partial charge in [0.25, 0.3) is 5.91 Å². The third-order valence-corrected chi connectivity index (χ3v) is 6.59. The number of ether oxygens (including phenoxy) is 5. The summed E-state index contributed by atoms with van der Waals surface area (Å²) in [5, 5.41) is 0. The third-order valence-electron chi connectivity index (χ3n) is 6.59. The average molecular weight is 532 g/mol. The van der Waals surface area contributed by atoms with Crippen molar-refractivity contribution in [3.63, 3.8) is 0 Å². The molecule has 39 heavy (non-hydrogen) atoms. The molecule has 0 radical (unpaired) electrons. The number of benzene rings is 2. The van der Waals surface area contributed by atoms with E-state index in [1.807, 2.05) is 18.2 Å². The van der Waals surface area contributed by atoms with E-state index in [1.165, 1.54) is 21.3 Å². The molecule has 1 fully saturated rings. The van der Waals surface area contributed by atoms with Gasteiger partial charge in [0.05, 0.1) is 26.9 Å². The smallest absolute Gasteiger partial charge is 0.260 e. The Morgan fingerprint density at radius 3 is 2.36 bits per heavy atom. The number of aromatic nitrogens is 1. The van der Waals surface area contributed by atoms with Crippen molar-refractivity contribution in [3.8, 4) is 28.7 Å². The van der Waals surface area contributed by atoms with Gasteiger partial charge in [0.1, 0.15) is 17.3 Å².